The fraction of sp³-hybridized carbons (Fsp3) is 0.235. The molecule has 19 rings (SSSR count). The summed E-state index contributed by atoms with van der Waals surface area (Å²) in [5, 5.41) is 34.3. The Hall–Kier alpha value is -11.6. The number of rotatable bonds is 26. The summed E-state index contributed by atoms with van der Waals surface area (Å²) in [6.07, 6.45) is 9.04. The van der Waals surface area contributed by atoms with Crippen LogP contribution in [-0.2, 0) is 83.3 Å². The van der Waals surface area contributed by atoms with Gasteiger partial charge in [0.1, 0.15) is 29.3 Å². The smallest absolute Gasteiger partial charge is 0.257 e. The van der Waals surface area contributed by atoms with Crippen molar-refractivity contribution in [2.75, 3.05) is 19.8 Å². The van der Waals surface area contributed by atoms with Gasteiger partial charge in [0.25, 0.3) is 23.6 Å². The van der Waals surface area contributed by atoms with Gasteiger partial charge in [-0.15, -0.1) is 0 Å². The van der Waals surface area contributed by atoms with Gasteiger partial charge in [-0.05, 0) is 216 Å². The molecule has 3 unspecified atom stereocenters. The molecule has 8 N–H and O–H groups in total. The monoisotopic (exact) mass is 2140 g/mol. The first-order valence-electron chi connectivity index (χ1n) is 43.0. The number of benzene rings is 8. The van der Waals surface area contributed by atoms with E-state index in [1.165, 1.54) is 89.7 Å². The molecule has 4 aliphatic heterocycles. The van der Waals surface area contributed by atoms with Gasteiger partial charge in [-0.1, -0.05) is 174 Å². The van der Waals surface area contributed by atoms with Crippen LogP contribution in [-0.4, -0.2) is 111 Å². The van der Waals surface area contributed by atoms with Crippen LogP contribution in [0.25, 0.3) is 5.57 Å². The van der Waals surface area contributed by atoms with Gasteiger partial charge < -0.3 is 41.6 Å². The van der Waals surface area contributed by atoms with E-state index in [0.29, 0.717) is 144 Å². The number of carbonyl (C=O) groups is 7. The molecule has 37 heteroatoms. The predicted molar refractivity (Wildman–Crippen MR) is 519 cm³/mol. The molecule has 3 fully saturated rings. The average molecular weight is 2150 g/mol. The first kappa shape index (κ1) is 100. The van der Waals surface area contributed by atoms with Gasteiger partial charge in [-0.3, -0.25) is 73.1 Å². The lowest BCUT2D eigenvalue weighted by atomic mass is 9.88. The first-order chi connectivity index (χ1) is 65.9. The van der Waals surface area contributed by atoms with Crippen molar-refractivity contribution in [3.63, 3.8) is 0 Å². The van der Waals surface area contributed by atoms with Crippen molar-refractivity contribution >= 4 is 160 Å². The van der Waals surface area contributed by atoms with Crippen LogP contribution in [0, 0.1) is 50.8 Å². The van der Waals surface area contributed by atoms with Gasteiger partial charge in [-0.2, -0.15) is 5.26 Å². The minimum absolute atomic E-state index is 0.00601. The quantitative estimate of drug-likeness (QED) is 0.0314. The Bertz CT molecular complexity index is 7000. The van der Waals surface area contributed by atoms with E-state index in [4.69, 9.17) is 118 Å². The van der Waals surface area contributed by atoms with E-state index >= 15 is 13.2 Å². The van der Waals surface area contributed by atoms with Crippen LogP contribution in [0.4, 0.5) is 17.6 Å². The van der Waals surface area contributed by atoms with Crippen molar-refractivity contribution in [1.82, 2.24) is 39.5 Å². The summed E-state index contributed by atoms with van der Waals surface area (Å²) in [7, 11) is 0. The summed E-state index contributed by atoms with van der Waals surface area (Å²) >= 11 is 49.0. The maximum absolute atomic E-state index is 16.2. The number of aliphatic hydroxyl groups is 2. The number of ether oxygens (including phenoxy) is 3. The van der Waals surface area contributed by atoms with Crippen LogP contribution < -0.4 is 17.2 Å². The number of pyridine rings is 4. The SMILES string of the molecule is C=C(C)c1cc(F)c2c(c1)C(=O)N(Cc1ccc(Cl)cn1)C2(OCC1(C(N)=O)CC1)c1ccc(Cl)cc1.CC(C)(O)c1cc(F)c2c(c1)C(=O)N(Cc1ccc(Cl)cn1)[C@@]2(OCC1(C(N)=O)CC1)c1ccc(Cl)cc1.N#Cc1ccc(CN2C(=O)c3cc(Br)cc(F)c3C2(O)c2ccc(Cl)cc2)nc1.NC(=O)C1(COC2(c3ccc(Cl)cc3)c3c(F)cc(Br)cc3C(=O)N2Cc2ccc(Cl)cn2)CC1. The zero-order valence-electron chi connectivity index (χ0n) is 73.8. The van der Waals surface area contributed by atoms with Gasteiger partial charge in [0.15, 0.2) is 22.9 Å². The van der Waals surface area contributed by atoms with Gasteiger partial charge in [0, 0.05) is 76.1 Å². The molecular weight excluding hydrogens is 2070 g/mol. The topological polar surface area (TPSA) is 354 Å². The minimum atomic E-state index is -2.04. The van der Waals surface area contributed by atoms with Crippen molar-refractivity contribution in [2.24, 2.45) is 33.4 Å². The molecule has 0 radical (unpaired) electrons. The van der Waals surface area contributed by atoms with E-state index in [2.05, 4.69) is 58.4 Å². The minimum Gasteiger partial charge on any atom is -0.386 e. The van der Waals surface area contributed by atoms with Crippen LogP contribution >= 0.6 is 113 Å². The highest BCUT2D eigenvalue weighted by atomic mass is 79.9. The standard InChI is InChI=1S/C28H26Cl2FN3O4.C28H24Cl2FN3O3.C25H19BrCl2FN3O3.C21H12BrClFN3O2/c1-26(2,37)17-11-21-23(22(31)12-17)28(16-3-5-18(29)6-4-16,38-15-27(9-10-27)25(32)36)34(24(21)35)14-20-8-7-19(30)13-33-20;1-16(2)17-11-22-24(23(31)12-17)28(18-3-5-19(29)6-4-18,37-15-27(9-10-27)26(32)36)34(25(22)35)14-21-8-7-20(30)13-33-21;26-15-9-19-21(20(29)10-15)25(14-1-3-16(27)4-2-14,35-13-24(7-8-24)23(30)34)32(22(19)33)12-18-6-5-17(28)11-31-18;22-14-7-17-19(18(24)8-14)21(29,13-2-4-15(23)5-3-13)27(20(17)28)11-16-6-1-12(9-25)10-26-16/h3-8,11-13,37H,9-10,14-15H2,1-2H3,(H2,32,36);3-8,11-13H,1,9-10,14-15H2,2H3,(H2,32,36);1-6,9-11H,7-8,12-13H2,(H2,30,34);1-8,10,29H,11H2/t28-;;;/m1.../s1. The molecule has 8 aromatic carbocycles. The predicted octanol–water partition coefficient (Wildman–Crippen LogP) is 20.4. The third-order valence-electron chi connectivity index (χ3n) is 25.6. The lowest BCUT2D eigenvalue weighted by Gasteiger charge is -2.40. The summed E-state index contributed by atoms with van der Waals surface area (Å²) in [5.74, 6) is -6.18. The van der Waals surface area contributed by atoms with E-state index in [-0.39, 0.29) is 96.1 Å². The molecule has 3 saturated carbocycles. The fourth-order valence-corrected chi connectivity index (χ4v) is 19.1. The molecule has 0 saturated heterocycles. The number of hydrogen-bond donors (Lipinski definition) is 5. The van der Waals surface area contributed by atoms with Crippen LogP contribution in [0.3, 0.4) is 0 Å². The third kappa shape index (κ3) is 19.3. The number of aromatic nitrogens is 4. The Morgan fingerprint density at radius 2 is 0.712 bits per heavy atom. The summed E-state index contributed by atoms with van der Waals surface area (Å²) in [4.78, 5) is 114. The van der Waals surface area contributed by atoms with Crippen molar-refractivity contribution in [2.45, 2.75) is 114 Å². The van der Waals surface area contributed by atoms with Crippen molar-refractivity contribution < 1.29 is 75.5 Å². The zero-order chi connectivity index (χ0) is 99.7. The highest BCUT2D eigenvalue weighted by Crippen LogP contribution is 2.58. The number of hydrogen-bond acceptors (Lipinski definition) is 17. The maximum Gasteiger partial charge on any atom is 0.257 e. The van der Waals surface area contributed by atoms with Crippen molar-refractivity contribution in [3.05, 3.63) is 399 Å². The summed E-state index contributed by atoms with van der Waals surface area (Å²) in [6, 6.07) is 52.3. The third-order valence-corrected chi connectivity index (χ3v) is 28.2. The number of nitrogens with two attached hydrogens (primary N) is 3. The highest BCUT2D eigenvalue weighted by molar-refractivity contribution is 9.10. The fourth-order valence-electron chi connectivity index (χ4n) is 17.4. The van der Waals surface area contributed by atoms with Gasteiger partial charge in [-0.25, -0.2) is 17.6 Å². The molecule has 712 valence electrons. The zero-order valence-corrected chi connectivity index (χ0v) is 82.3. The number of fused-ring (bicyclic) bond motifs is 4. The number of nitrogens with zero attached hydrogens (tertiary/aromatic N) is 9. The molecule has 4 aromatic heterocycles. The van der Waals surface area contributed by atoms with Gasteiger partial charge in [0.05, 0.1) is 156 Å². The molecule has 0 bridgehead atoms. The van der Waals surface area contributed by atoms with E-state index in [1.54, 1.807) is 165 Å². The van der Waals surface area contributed by atoms with Crippen molar-refractivity contribution in [3.8, 4) is 6.07 Å². The summed E-state index contributed by atoms with van der Waals surface area (Å²) in [6.45, 7) is 8.18. The molecule has 4 atom stereocenters. The Kier molecular flexibility index (Phi) is 28.2. The Morgan fingerprint density at radius 3 is 1.02 bits per heavy atom. The molecule has 7 amide bonds. The normalized spacial score (nSPS) is 19.5. The first-order valence-corrected chi connectivity index (χ1v) is 47.3. The second kappa shape index (κ2) is 39.1. The van der Waals surface area contributed by atoms with E-state index in [1.807, 2.05) is 6.07 Å². The number of primary amides is 3. The number of halogens is 13. The lowest BCUT2D eigenvalue weighted by Crippen LogP contribution is -2.48. The number of carbonyl (C=O) groups excluding carboxylic acids is 7. The molecule has 139 heavy (non-hydrogen) atoms. The lowest BCUT2D eigenvalue weighted by molar-refractivity contribution is -0.143. The summed E-state index contributed by atoms with van der Waals surface area (Å²) < 4.78 is 83.2. The molecule has 3 aliphatic carbocycles. The maximum atomic E-state index is 16.2. The van der Waals surface area contributed by atoms with E-state index in [0.717, 1.165) is 4.90 Å². The van der Waals surface area contributed by atoms with Crippen molar-refractivity contribution in [1.29, 1.82) is 5.26 Å². The Labute approximate surface area is 846 Å². The molecule has 24 nitrogen and oxygen atoms in total. The highest BCUT2D eigenvalue weighted by Gasteiger charge is 2.63. The molecule has 7 aliphatic rings. The Balaban J connectivity index is 0.000000134. The van der Waals surface area contributed by atoms with Crippen LogP contribution in [0.15, 0.2) is 234 Å². The second-order valence-corrected chi connectivity index (χ2v) is 40.2. The average Bonchev–Trinajstić information content (AvgIpc) is 1.38. The molecular formula is C102H81Br2Cl7F4N12O12. The van der Waals surface area contributed by atoms with Crippen LogP contribution in [0.5, 0.6) is 0 Å². The summed E-state index contributed by atoms with van der Waals surface area (Å²) in [5.41, 5.74) is 11.4. The molecule has 8 heterocycles. The van der Waals surface area contributed by atoms with Crippen LogP contribution in [0.1, 0.15) is 185 Å². The van der Waals surface area contributed by atoms with Gasteiger partial charge in [0.2, 0.25) is 17.7 Å². The van der Waals surface area contributed by atoms with E-state index < -0.39 is 109 Å². The Morgan fingerprint density at radius 1 is 0.424 bits per heavy atom. The van der Waals surface area contributed by atoms with E-state index in [9.17, 15) is 48.2 Å². The van der Waals surface area contributed by atoms with Gasteiger partial charge >= 0.3 is 0 Å². The number of allylic oxidation sites excluding steroid dienone is 1. The van der Waals surface area contributed by atoms with Crippen LogP contribution in [0.2, 0.25) is 35.2 Å². The molecule has 0 spiro atoms. The second-order valence-electron chi connectivity index (χ2n) is 35.3. The largest absolute Gasteiger partial charge is 0.386 e. The number of amides is 7. The number of nitriles is 1. The molecule has 12 aromatic rings.